The van der Waals surface area contributed by atoms with Crippen LogP contribution in [-0.2, 0) is 20.6 Å². The van der Waals surface area contributed by atoms with Crippen LogP contribution in [0.4, 0.5) is 4.79 Å². The Labute approximate surface area is 180 Å². The lowest BCUT2D eigenvalue weighted by Gasteiger charge is -2.42. The Morgan fingerprint density at radius 1 is 1.30 bits per heavy atom. The number of nitrogens with zero attached hydrogens (tertiary/aromatic N) is 3. The summed E-state index contributed by atoms with van der Waals surface area (Å²) in [5, 5.41) is 19.4. The van der Waals surface area contributed by atoms with Gasteiger partial charge in [0.15, 0.2) is 5.82 Å². The Morgan fingerprint density at radius 3 is 2.93 bits per heavy atom. The lowest BCUT2D eigenvalue weighted by Crippen LogP contribution is -2.50. The van der Waals surface area contributed by atoms with Gasteiger partial charge in [-0.15, -0.1) is 10.2 Å². The summed E-state index contributed by atoms with van der Waals surface area (Å²) < 4.78 is 26.9. The van der Waals surface area contributed by atoms with E-state index in [0.717, 1.165) is 25.8 Å². The average Bonchev–Trinajstić information content (AvgIpc) is 3.29. The first-order valence-electron chi connectivity index (χ1n) is 11.9. The fourth-order valence-electron chi connectivity index (χ4n) is 4.38. The van der Waals surface area contributed by atoms with Gasteiger partial charge in [-0.3, -0.25) is 4.79 Å². The van der Waals surface area contributed by atoms with E-state index < -0.39 is 12.5 Å². The number of rotatable bonds is 9. The van der Waals surface area contributed by atoms with Crippen LogP contribution < -0.4 is 10.6 Å². The van der Waals surface area contributed by atoms with Crippen LogP contribution in [0.5, 0.6) is 0 Å². The van der Waals surface area contributed by atoms with Crippen LogP contribution in [-0.4, -0.2) is 64.5 Å². The first-order chi connectivity index (χ1) is 15.3. The standard InChI is InChI=1S/C20H34N6O4/c1-3-29-20(28)22-13(2)8-9-30-19(27)17-11-16-10-14(4-6-15(16)12-21-17)5-7-18-23-25-26-24-18/h13-17,21H,3-12H2,1-2H3,(H,22,28)(H,23,24,25,26)/t13-,14+,15-,16+,17-/m0/s1/i7D2. The number of nitrogens with one attached hydrogen (secondary N) is 3. The molecular weight excluding hydrogens is 388 g/mol. The molecule has 168 valence electrons. The van der Waals surface area contributed by atoms with Gasteiger partial charge in [-0.2, -0.15) is 5.21 Å². The van der Waals surface area contributed by atoms with Crippen molar-refractivity contribution < 1.29 is 21.8 Å². The van der Waals surface area contributed by atoms with Gasteiger partial charge < -0.3 is 20.1 Å². The van der Waals surface area contributed by atoms with Gasteiger partial charge in [0.25, 0.3) is 0 Å². The number of esters is 1. The Balaban J connectivity index is 1.43. The van der Waals surface area contributed by atoms with Crippen molar-refractivity contribution in [3.63, 3.8) is 0 Å². The number of carbonyl (C=O) groups excluding carboxylic acids is 2. The summed E-state index contributed by atoms with van der Waals surface area (Å²) in [6.45, 7) is 4.89. The van der Waals surface area contributed by atoms with Crippen LogP contribution >= 0.6 is 0 Å². The summed E-state index contributed by atoms with van der Waals surface area (Å²) in [5.41, 5.74) is 0. The van der Waals surface area contributed by atoms with Crippen molar-refractivity contribution in [3.05, 3.63) is 5.82 Å². The van der Waals surface area contributed by atoms with Crippen LogP contribution in [0.15, 0.2) is 0 Å². The molecule has 2 heterocycles. The molecule has 3 N–H and O–H groups in total. The molecule has 10 nitrogen and oxygen atoms in total. The molecule has 0 aromatic carbocycles. The minimum Gasteiger partial charge on any atom is -0.464 e. The number of H-pyrrole nitrogens is 1. The molecule has 2 aliphatic rings. The van der Waals surface area contributed by atoms with Gasteiger partial charge in [0.2, 0.25) is 0 Å². The number of amides is 1. The molecule has 0 spiro atoms. The fraction of sp³-hybridized carbons (Fsp3) is 0.850. The van der Waals surface area contributed by atoms with Crippen molar-refractivity contribution in [2.45, 2.75) is 70.8 Å². The zero-order chi connectivity index (χ0) is 23.1. The van der Waals surface area contributed by atoms with E-state index in [2.05, 4.69) is 31.3 Å². The Hall–Kier alpha value is -2.23. The molecule has 1 aliphatic heterocycles. The van der Waals surface area contributed by atoms with Crippen LogP contribution in [0.1, 0.15) is 60.9 Å². The van der Waals surface area contributed by atoms with Crippen LogP contribution in [0.25, 0.3) is 0 Å². The maximum absolute atomic E-state index is 12.6. The normalized spacial score (nSPS) is 28.5. The third kappa shape index (κ3) is 6.65. The van der Waals surface area contributed by atoms with E-state index in [1.54, 1.807) is 6.92 Å². The number of piperidine rings is 1. The van der Waals surface area contributed by atoms with Crippen molar-refractivity contribution >= 4 is 12.1 Å². The van der Waals surface area contributed by atoms with E-state index in [0.29, 0.717) is 37.7 Å². The molecule has 1 saturated carbocycles. The SMILES string of the molecule is [2H]C([2H])(C[C@H]1CC[C@H]2CN[C@H](C(=O)OCC[C@H](C)NC(=O)OCC)C[C@H]2C1)c1nn[nH]n1. The van der Waals surface area contributed by atoms with Gasteiger partial charge in [-0.25, -0.2) is 4.79 Å². The molecule has 1 saturated heterocycles. The minimum absolute atomic E-state index is 0.0954. The zero-order valence-electron chi connectivity index (χ0n) is 19.7. The second-order valence-electron chi connectivity index (χ2n) is 8.23. The molecule has 0 radical (unpaired) electrons. The number of fused-ring (bicyclic) bond motifs is 1. The summed E-state index contributed by atoms with van der Waals surface area (Å²) >= 11 is 0. The van der Waals surface area contributed by atoms with Crippen molar-refractivity contribution in [3.8, 4) is 0 Å². The fourth-order valence-corrected chi connectivity index (χ4v) is 4.38. The highest BCUT2D eigenvalue weighted by atomic mass is 16.5. The number of hydrogen-bond donors (Lipinski definition) is 3. The maximum Gasteiger partial charge on any atom is 0.407 e. The molecule has 0 bridgehead atoms. The number of carbonyl (C=O) groups is 2. The molecule has 1 aromatic heterocycles. The molecule has 10 heteroatoms. The predicted molar refractivity (Wildman–Crippen MR) is 108 cm³/mol. The highest BCUT2D eigenvalue weighted by molar-refractivity contribution is 5.76. The highest BCUT2D eigenvalue weighted by Crippen LogP contribution is 2.40. The third-order valence-electron chi connectivity index (χ3n) is 6.03. The van der Waals surface area contributed by atoms with E-state index in [1.165, 1.54) is 0 Å². The molecule has 1 aromatic rings. The van der Waals surface area contributed by atoms with Crippen LogP contribution in [0.3, 0.4) is 0 Å². The monoisotopic (exact) mass is 424 g/mol. The van der Waals surface area contributed by atoms with E-state index in [9.17, 15) is 9.59 Å². The number of hydrogen-bond acceptors (Lipinski definition) is 8. The minimum atomic E-state index is -1.62. The van der Waals surface area contributed by atoms with E-state index >= 15 is 0 Å². The first-order valence-corrected chi connectivity index (χ1v) is 10.9. The number of ether oxygens (including phenoxy) is 2. The molecular formula is C20H34N6O4. The number of tetrazole rings is 1. The second-order valence-corrected chi connectivity index (χ2v) is 8.23. The smallest absolute Gasteiger partial charge is 0.407 e. The number of alkyl carbamates (subject to hydrolysis) is 1. The van der Waals surface area contributed by atoms with Gasteiger partial charge in [-0.1, -0.05) is 11.6 Å². The van der Waals surface area contributed by atoms with Crippen molar-refractivity contribution in [2.75, 3.05) is 19.8 Å². The molecule has 5 atom stereocenters. The van der Waals surface area contributed by atoms with Gasteiger partial charge in [0.05, 0.1) is 13.2 Å². The van der Waals surface area contributed by atoms with Gasteiger partial charge in [0.1, 0.15) is 6.04 Å². The van der Waals surface area contributed by atoms with E-state index in [1.807, 2.05) is 6.92 Å². The number of aromatic amines is 1. The van der Waals surface area contributed by atoms with Crippen molar-refractivity contribution in [2.24, 2.45) is 17.8 Å². The summed E-state index contributed by atoms with van der Waals surface area (Å²) in [6.07, 6.45) is 2.33. The van der Waals surface area contributed by atoms with Crippen molar-refractivity contribution in [1.82, 2.24) is 31.3 Å². The second kappa shape index (κ2) is 11.2. The van der Waals surface area contributed by atoms with E-state index in [4.69, 9.17) is 12.2 Å². The largest absolute Gasteiger partial charge is 0.464 e. The quantitative estimate of drug-likeness (QED) is 0.509. The Bertz CT molecular complexity index is 750. The third-order valence-corrected chi connectivity index (χ3v) is 6.03. The predicted octanol–water partition coefficient (Wildman–Crippen LogP) is 1.59. The molecule has 1 aliphatic carbocycles. The molecule has 0 unspecified atom stereocenters. The number of aromatic nitrogens is 4. The van der Waals surface area contributed by atoms with E-state index in [-0.39, 0.29) is 36.4 Å². The average molecular weight is 425 g/mol. The Morgan fingerprint density at radius 2 is 2.17 bits per heavy atom. The van der Waals surface area contributed by atoms with Gasteiger partial charge in [-0.05, 0) is 63.8 Å². The lowest BCUT2D eigenvalue weighted by molar-refractivity contribution is -0.148. The maximum atomic E-state index is 12.6. The van der Waals surface area contributed by atoms with Crippen LogP contribution in [0, 0.1) is 17.8 Å². The summed E-state index contributed by atoms with van der Waals surface area (Å²) in [4.78, 5) is 24.0. The van der Waals surface area contributed by atoms with Crippen LogP contribution in [0.2, 0.25) is 0 Å². The van der Waals surface area contributed by atoms with Crippen molar-refractivity contribution in [1.29, 1.82) is 0 Å². The lowest BCUT2D eigenvalue weighted by atomic mass is 9.69. The summed E-state index contributed by atoms with van der Waals surface area (Å²) in [5.74, 6) is 0.904. The van der Waals surface area contributed by atoms with Gasteiger partial charge in [0, 0.05) is 21.6 Å². The Kier molecular flexibility index (Phi) is 7.39. The molecule has 30 heavy (non-hydrogen) atoms. The number of aryl methyl sites for hydroxylation is 1. The molecule has 2 fully saturated rings. The topological polar surface area (TPSA) is 131 Å². The highest BCUT2D eigenvalue weighted by Gasteiger charge is 2.38. The zero-order valence-corrected chi connectivity index (χ0v) is 17.7. The summed E-state index contributed by atoms with van der Waals surface area (Å²) in [7, 11) is 0. The summed E-state index contributed by atoms with van der Waals surface area (Å²) in [6, 6.07) is -0.504. The molecule has 3 rings (SSSR count). The van der Waals surface area contributed by atoms with Gasteiger partial charge >= 0.3 is 12.1 Å². The first kappa shape index (κ1) is 19.7. The molecule has 1 amide bonds.